The molecule has 0 fully saturated rings. The predicted octanol–water partition coefficient (Wildman–Crippen LogP) is 3.12. The van der Waals surface area contributed by atoms with Crippen LogP contribution in [-0.4, -0.2) is 20.9 Å². The molecule has 1 aliphatic heterocycles. The number of allylic oxidation sites excluding steroid dienone is 2. The number of benzene rings is 1. The summed E-state index contributed by atoms with van der Waals surface area (Å²) in [5, 5.41) is 0.955. The summed E-state index contributed by atoms with van der Waals surface area (Å²) in [4.78, 5) is 0. The second-order valence-corrected chi connectivity index (χ2v) is 10.3. The van der Waals surface area contributed by atoms with Gasteiger partial charge in [-0.05, 0) is 0 Å². The van der Waals surface area contributed by atoms with Gasteiger partial charge >= 0.3 is 101 Å². The molecule has 0 aliphatic carbocycles. The van der Waals surface area contributed by atoms with Crippen molar-refractivity contribution >= 4 is 33.4 Å². The third-order valence-electron chi connectivity index (χ3n) is 2.23. The third-order valence-corrected chi connectivity index (χ3v) is 8.47. The summed E-state index contributed by atoms with van der Waals surface area (Å²) < 4.78 is 15.4. The Morgan fingerprint density at radius 1 is 1.00 bits per heavy atom. The molecular weight excluding hydrogens is 319 g/mol. The zero-order valence-electron chi connectivity index (χ0n) is 8.81. The SMILES string of the molecule is CC1=CP(=O)(c2ccccc2)C=C(C)[Te]1. The Morgan fingerprint density at radius 3 is 2.07 bits per heavy atom. The van der Waals surface area contributed by atoms with Crippen LogP contribution in [0.5, 0.6) is 0 Å². The molecule has 2 rings (SSSR count). The van der Waals surface area contributed by atoms with Gasteiger partial charge in [-0.2, -0.15) is 0 Å². The Bertz CT molecular complexity index is 452. The van der Waals surface area contributed by atoms with Gasteiger partial charge in [-0.3, -0.25) is 0 Å². The van der Waals surface area contributed by atoms with Gasteiger partial charge in [-0.1, -0.05) is 0 Å². The zero-order valence-corrected chi connectivity index (χ0v) is 12.0. The molecule has 0 saturated heterocycles. The van der Waals surface area contributed by atoms with E-state index in [2.05, 4.69) is 13.8 Å². The predicted molar refractivity (Wildman–Crippen MR) is 67.0 cm³/mol. The molecule has 0 amide bonds. The summed E-state index contributed by atoms with van der Waals surface area (Å²) in [7, 11) is -2.37. The van der Waals surface area contributed by atoms with Crippen LogP contribution in [0.1, 0.15) is 13.8 Å². The standard InChI is InChI=1S/C12H13OPTe/c1-10-8-14(13,9-11(2)15-10)12-6-4-3-5-7-12/h3-9H,1-2H3. The van der Waals surface area contributed by atoms with Crippen molar-refractivity contribution in [1.82, 2.24) is 0 Å². The Morgan fingerprint density at radius 2 is 1.53 bits per heavy atom. The second kappa shape index (κ2) is 4.30. The minimum absolute atomic E-state index is 0.188. The van der Waals surface area contributed by atoms with E-state index in [1.165, 1.54) is 7.24 Å². The van der Waals surface area contributed by atoms with E-state index in [1.807, 2.05) is 42.0 Å². The molecule has 1 aliphatic rings. The Kier molecular flexibility index (Phi) is 3.21. The van der Waals surface area contributed by atoms with Crippen LogP contribution in [0.2, 0.25) is 0 Å². The Labute approximate surface area is 101 Å². The van der Waals surface area contributed by atoms with Gasteiger partial charge in [-0.25, -0.2) is 0 Å². The zero-order chi connectivity index (χ0) is 10.9. The van der Waals surface area contributed by atoms with Crippen molar-refractivity contribution in [3.05, 3.63) is 49.2 Å². The van der Waals surface area contributed by atoms with Crippen LogP contribution in [-0.2, 0) is 4.57 Å². The van der Waals surface area contributed by atoms with Crippen molar-refractivity contribution in [2.75, 3.05) is 0 Å². The summed E-state index contributed by atoms with van der Waals surface area (Å²) in [6.45, 7) is 4.21. The molecule has 15 heavy (non-hydrogen) atoms. The first kappa shape index (κ1) is 11.2. The third kappa shape index (κ3) is 2.45. The van der Waals surface area contributed by atoms with Crippen molar-refractivity contribution in [3.8, 4) is 0 Å². The van der Waals surface area contributed by atoms with E-state index in [0.29, 0.717) is 0 Å². The number of hydrogen-bond acceptors (Lipinski definition) is 1. The fourth-order valence-corrected chi connectivity index (χ4v) is 8.92. The average Bonchev–Trinajstić information content (AvgIpc) is 2.17. The van der Waals surface area contributed by atoms with Crippen LogP contribution in [0.25, 0.3) is 0 Å². The van der Waals surface area contributed by atoms with Crippen LogP contribution in [0.15, 0.2) is 49.2 Å². The maximum atomic E-state index is 12.7. The van der Waals surface area contributed by atoms with Gasteiger partial charge in [0.05, 0.1) is 0 Å². The molecular formula is C12H13OPTe. The fraction of sp³-hybridized carbons (Fsp3) is 0.167. The van der Waals surface area contributed by atoms with Crippen LogP contribution in [0, 0.1) is 0 Å². The van der Waals surface area contributed by atoms with E-state index in [4.69, 9.17) is 0 Å². The number of rotatable bonds is 1. The van der Waals surface area contributed by atoms with E-state index in [-0.39, 0.29) is 20.9 Å². The van der Waals surface area contributed by atoms with Gasteiger partial charge in [0, 0.05) is 0 Å². The molecule has 0 spiro atoms. The molecule has 1 nitrogen and oxygen atoms in total. The van der Waals surface area contributed by atoms with Crippen molar-refractivity contribution < 1.29 is 4.57 Å². The van der Waals surface area contributed by atoms with Gasteiger partial charge in [0.15, 0.2) is 0 Å². The van der Waals surface area contributed by atoms with Crippen molar-refractivity contribution in [1.29, 1.82) is 0 Å². The topological polar surface area (TPSA) is 17.1 Å². The van der Waals surface area contributed by atoms with E-state index in [9.17, 15) is 4.57 Å². The summed E-state index contributed by atoms with van der Waals surface area (Å²) >= 11 is -0.188. The molecule has 0 unspecified atom stereocenters. The maximum absolute atomic E-state index is 12.7. The minimum atomic E-state index is -2.37. The molecule has 0 atom stereocenters. The molecule has 0 N–H and O–H groups in total. The van der Waals surface area contributed by atoms with E-state index in [1.54, 1.807) is 0 Å². The quantitative estimate of drug-likeness (QED) is 0.571. The summed E-state index contributed by atoms with van der Waals surface area (Å²) in [6, 6.07) is 9.78. The van der Waals surface area contributed by atoms with E-state index in [0.717, 1.165) is 5.30 Å². The van der Waals surface area contributed by atoms with Crippen molar-refractivity contribution in [2.24, 2.45) is 0 Å². The van der Waals surface area contributed by atoms with Crippen LogP contribution >= 0.6 is 7.14 Å². The summed E-state index contributed by atoms with van der Waals surface area (Å²) in [5.74, 6) is 4.00. The molecule has 1 aromatic carbocycles. The van der Waals surface area contributed by atoms with Gasteiger partial charge in [0.1, 0.15) is 0 Å². The monoisotopic (exact) mass is 334 g/mol. The summed E-state index contributed by atoms with van der Waals surface area (Å²) in [5.41, 5.74) is 0. The second-order valence-electron chi connectivity index (χ2n) is 3.63. The van der Waals surface area contributed by atoms with Gasteiger partial charge in [0.2, 0.25) is 0 Å². The molecule has 3 heteroatoms. The normalized spacial score (nSPS) is 19.3. The van der Waals surface area contributed by atoms with Gasteiger partial charge in [0.25, 0.3) is 0 Å². The fourth-order valence-electron chi connectivity index (χ4n) is 1.69. The molecule has 1 aromatic rings. The summed E-state index contributed by atoms with van der Waals surface area (Å²) in [6.07, 6.45) is 0. The average molecular weight is 332 g/mol. The van der Waals surface area contributed by atoms with Crippen LogP contribution in [0.3, 0.4) is 0 Å². The van der Waals surface area contributed by atoms with Crippen molar-refractivity contribution in [3.63, 3.8) is 0 Å². The first-order valence-electron chi connectivity index (χ1n) is 4.82. The molecule has 0 aromatic heterocycles. The first-order chi connectivity index (χ1) is 7.10. The van der Waals surface area contributed by atoms with E-state index < -0.39 is 7.14 Å². The Balaban J connectivity index is 2.52. The van der Waals surface area contributed by atoms with Gasteiger partial charge < -0.3 is 0 Å². The molecule has 0 bridgehead atoms. The molecule has 1 heterocycles. The van der Waals surface area contributed by atoms with Crippen molar-refractivity contribution in [2.45, 2.75) is 13.8 Å². The van der Waals surface area contributed by atoms with Gasteiger partial charge in [-0.15, -0.1) is 0 Å². The van der Waals surface area contributed by atoms with E-state index >= 15 is 0 Å². The van der Waals surface area contributed by atoms with Crippen LogP contribution < -0.4 is 5.30 Å². The molecule has 78 valence electrons. The van der Waals surface area contributed by atoms with Crippen LogP contribution in [0.4, 0.5) is 0 Å². The molecule has 0 radical (unpaired) electrons. The first-order valence-corrected chi connectivity index (χ1v) is 8.99. The number of hydrogen-bond donors (Lipinski definition) is 0. The Hall–Kier alpha value is -0.280. The molecule has 0 saturated carbocycles.